The summed E-state index contributed by atoms with van der Waals surface area (Å²) < 4.78 is 15.9. The summed E-state index contributed by atoms with van der Waals surface area (Å²) in [5.41, 5.74) is 8.60. The molecule has 4 aromatic heterocycles. The largest absolute Gasteiger partial charge is 0.455 e. The van der Waals surface area contributed by atoms with Gasteiger partial charge in [0.15, 0.2) is 23.1 Å². The summed E-state index contributed by atoms with van der Waals surface area (Å²) >= 11 is 0. The van der Waals surface area contributed by atoms with Gasteiger partial charge in [-0.25, -0.2) is 15.0 Å². The molecule has 0 aliphatic rings. The second kappa shape index (κ2) is 12.2. The number of furan rings is 2. The molecule has 0 N–H and O–H groups in total. The summed E-state index contributed by atoms with van der Waals surface area (Å²) in [4.78, 5) is 15.8. The highest BCUT2D eigenvalue weighted by Crippen LogP contribution is 2.44. The number of para-hydroxylation sites is 3. The second-order valence-corrected chi connectivity index (χ2v) is 15.2. The molecule has 0 atom stereocenters. The van der Waals surface area contributed by atoms with Crippen molar-refractivity contribution >= 4 is 87.2 Å². The van der Waals surface area contributed by atoms with Gasteiger partial charge in [0.1, 0.15) is 22.4 Å². The zero-order valence-electron chi connectivity index (χ0n) is 31.4. The Morgan fingerprint density at radius 3 is 1.47 bits per heavy atom. The van der Waals surface area contributed by atoms with Crippen LogP contribution < -0.4 is 0 Å². The van der Waals surface area contributed by atoms with Crippen LogP contribution in [0.1, 0.15) is 0 Å². The van der Waals surface area contributed by atoms with Crippen LogP contribution in [0.25, 0.3) is 127 Å². The summed E-state index contributed by atoms with van der Waals surface area (Å²) in [5.74, 6) is 1.61. The molecular formula is C53H30N4O2. The van der Waals surface area contributed by atoms with Gasteiger partial charge in [-0.3, -0.25) is 0 Å². The topological polar surface area (TPSA) is 69.9 Å². The van der Waals surface area contributed by atoms with Crippen molar-refractivity contribution in [1.29, 1.82) is 0 Å². The maximum Gasteiger partial charge on any atom is 0.167 e. The highest BCUT2D eigenvalue weighted by molar-refractivity contribution is 6.19. The van der Waals surface area contributed by atoms with Gasteiger partial charge in [0, 0.05) is 43.4 Å². The van der Waals surface area contributed by atoms with Gasteiger partial charge in [-0.2, -0.15) is 0 Å². The lowest BCUT2D eigenvalue weighted by atomic mass is 10.0. The van der Waals surface area contributed by atoms with E-state index in [0.29, 0.717) is 17.5 Å². The minimum absolute atomic E-state index is 0.522. The second-order valence-electron chi connectivity index (χ2n) is 15.2. The van der Waals surface area contributed by atoms with Gasteiger partial charge in [0.05, 0.1) is 16.6 Å². The predicted octanol–water partition coefficient (Wildman–Crippen LogP) is 14.1. The summed E-state index contributed by atoms with van der Waals surface area (Å²) in [6.45, 7) is 0. The van der Waals surface area contributed by atoms with Crippen LogP contribution in [0, 0.1) is 0 Å². The zero-order valence-corrected chi connectivity index (χ0v) is 31.4. The first-order valence-corrected chi connectivity index (χ1v) is 19.8. The van der Waals surface area contributed by atoms with E-state index in [4.69, 9.17) is 23.8 Å². The van der Waals surface area contributed by atoms with Crippen LogP contribution in [-0.2, 0) is 0 Å². The first kappa shape index (κ1) is 32.0. The normalized spacial score (nSPS) is 12.1. The third-order valence-electron chi connectivity index (χ3n) is 11.8. The Bertz CT molecular complexity index is 3760. The van der Waals surface area contributed by atoms with E-state index in [2.05, 4.69) is 114 Å². The van der Waals surface area contributed by atoms with Gasteiger partial charge in [0.2, 0.25) is 0 Å². The molecule has 0 bridgehead atoms. The number of hydrogen-bond donors (Lipinski definition) is 0. The maximum atomic E-state index is 6.96. The van der Waals surface area contributed by atoms with E-state index >= 15 is 0 Å². The fraction of sp³-hybridized carbons (Fsp3) is 0. The smallest absolute Gasteiger partial charge is 0.167 e. The van der Waals surface area contributed by atoms with Gasteiger partial charge >= 0.3 is 0 Å². The molecule has 0 spiro atoms. The van der Waals surface area contributed by atoms with Crippen molar-refractivity contribution in [2.24, 2.45) is 0 Å². The van der Waals surface area contributed by atoms with Crippen molar-refractivity contribution in [3.05, 3.63) is 182 Å². The monoisotopic (exact) mass is 754 g/mol. The van der Waals surface area contributed by atoms with E-state index in [0.717, 1.165) is 98.8 Å². The van der Waals surface area contributed by atoms with Crippen LogP contribution in [-0.4, -0.2) is 19.5 Å². The SMILES string of the molecule is c1ccc(-c2nc(-c3ccc4c(oc5ccccc54)c3-n3c4cc5ccccc5cc4c4cc5ccccc5cc43)nc(-c3cccc4c3oc3ccccc34)n2)cc1. The van der Waals surface area contributed by atoms with Gasteiger partial charge in [-0.05, 0) is 76.1 Å². The quantitative estimate of drug-likeness (QED) is 0.179. The molecule has 0 saturated carbocycles. The molecule has 0 unspecified atom stereocenters. The van der Waals surface area contributed by atoms with Crippen LogP contribution in [0.15, 0.2) is 191 Å². The van der Waals surface area contributed by atoms with Crippen LogP contribution in [0.2, 0.25) is 0 Å². The first-order chi connectivity index (χ1) is 29.2. The molecular weight excluding hydrogens is 725 g/mol. The van der Waals surface area contributed by atoms with E-state index in [-0.39, 0.29) is 0 Å². The molecule has 59 heavy (non-hydrogen) atoms. The Balaban J connectivity index is 1.19. The minimum Gasteiger partial charge on any atom is -0.455 e. The Morgan fingerprint density at radius 1 is 0.339 bits per heavy atom. The summed E-state index contributed by atoms with van der Waals surface area (Å²) in [6, 6.07) is 63.3. The fourth-order valence-corrected chi connectivity index (χ4v) is 9.06. The standard InChI is InChI=1S/C53H30N4O2/c1-2-13-31(14-3-1)51-54-52(56-53(55-51)41-22-12-21-38-36-19-8-10-23-46(36)58-49(38)41)40-26-25-39-37-20-9-11-24-47(37)59-50(39)48(40)57-44-29-34-17-6-4-15-32(34)27-42(44)43-28-33-16-5-7-18-35(33)30-45(43)57/h1-30H. The van der Waals surface area contributed by atoms with Gasteiger partial charge in [-0.1, -0.05) is 127 Å². The molecule has 0 saturated heterocycles. The van der Waals surface area contributed by atoms with Gasteiger partial charge in [-0.15, -0.1) is 0 Å². The van der Waals surface area contributed by atoms with Crippen LogP contribution >= 0.6 is 0 Å². The number of rotatable bonds is 4. The Labute approximate surface area is 336 Å². The van der Waals surface area contributed by atoms with Crippen LogP contribution in [0.5, 0.6) is 0 Å². The average Bonchev–Trinajstić information content (AvgIpc) is 3.96. The van der Waals surface area contributed by atoms with Crippen molar-refractivity contribution in [3.63, 3.8) is 0 Å². The number of nitrogens with zero attached hydrogens (tertiary/aromatic N) is 4. The maximum absolute atomic E-state index is 6.96. The lowest BCUT2D eigenvalue weighted by molar-refractivity contribution is 0.666. The van der Waals surface area contributed by atoms with Crippen LogP contribution in [0.4, 0.5) is 0 Å². The van der Waals surface area contributed by atoms with E-state index in [1.165, 1.54) is 10.8 Å². The molecule has 0 fully saturated rings. The minimum atomic E-state index is 0.522. The number of fused-ring (bicyclic) bond motifs is 11. The molecule has 0 amide bonds. The van der Waals surface area contributed by atoms with Crippen molar-refractivity contribution in [2.75, 3.05) is 0 Å². The number of benzene rings is 9. The molecule has 9 aromatic carbocycles. The number of hydrogen-bond acceptors (Lipinski definition) is 5. The molecule has 0 aliphatic carbocycles. The van der Waals surface area contributed by atoms with Crippen molar-refractivity contribution in [3.8, 4) is 39.9 Å². The third kappa shape index (κ3) is 4.77. The first-order valence-electron chi connectivity index (χ1n) is 19.8. The van der Waals surface area contributed by atoms with E-state index in [9.17, 15) is 0 Å². The molecule has 6 nitrogen and oxygen atoms in total. The van der Waals surface area contributed by atoms with E-state index < -0.39 is 0 Å². The number of aromatic nitrogens is 4. The molecule has 0 radical (unpaired) electrons. The summed E-state index contributed by atoms with van der Waals surface area (Å²) in [6.07, 6.45) is 0. The third-order valence-corrected chi connectivity index (χ3v) is 11.8. The highest BCUT2D eigenvalue weighted by Gasteiger charge is 2.26. The molecule has 274 valence electrons. The molecule has 0 aliphatic heterocycles. The van der Waals surface area contributed by atoms with E-state index in [1.54, 1.807) is 0 Å². The van der Waals surface area contributed by atoms with E-state index in [1.807, 2.05) is 72.8 Å². The van der Waals surface area contributed by atoms with Crippen molar-refractivity contribution in [2.45, 2.75) is 0 Å². The lowest BCUT2D eigenvalue weighted by Gasteiger charge is -2.16. The Kier molecular flexibility index (Phi) is 6.63. The average molecular weight is 755 g/mol. The fourth-order valence-electron chi connectivity index (χ4n) is 9.06. The zero-order chi connectivity index (χ0) is 38.6. The van der Waals surface area contributed by atoms with Crippen LogP contribution in [0.3, 0.4) is 0 Å². The van der Waals surface area contributed by atoms with Gasteiger partial charge in [0.25, 0.3) is 0 Å². The van der Waals surface area contributed by atoms with Gasteiger partial charge < -0.3 is 13.4 Å². The lowest BCUT2D eigenvalue weighted by Crippen LogP contribution is -2.04. The Morgan fingerprint density at radius 2 is 0.831 bits per heavy atom. The van der Waals surface area contributed by atoms with Crippen molar-refractivity contribution < 1.29 is 8.83 Å². The molecule has 4 heterocycles. The highest BCUT2D eigenvalue weighted by atomic mass is 16.3. The molecule has 6 heteroatoms. The molecule has 13 aromatic rings. The summed E-state index contributed by atoms with van der Waals surface area (Å²) in [7, 11) is 0. The van der Waals surface area contributed by atoms with Crippen molar-refractivity contribution in [1.82, 2.24) is 19.5 Å². The molecule has 13 rings (SSSR count). The summed E-state index contributed by atoms with van der Waals surface area (Å²) in [5, 5.41) is 11.1. The predicted molar refractivity (Wildman–Crippen MR) is 240 cm³/mol. The Hall–Kier alpha value is -8.09.